The zero-order valence-electron chi connectivity index (χ0n) is 14.1. The van der Waals surface area contributed by atoms with Crippen LogP contribution < -0.4 is 5.32 Å². The second kappa shape index (κ2) is 7.96. The molecule has 0 radical (unpaired) electrons. The van der Waals surface area contributed by atoms with Gasteiger partial charge in [-0.05, 0) is 39.5 Å². The summed E-state index contributed by atoms with van der Waals surface area (Å²) in [7, 11) is 0. The fourth-order valence-electron chi connectivity index (χ4n) is 1.80. The van der Waals surface area contributed by atoms with Gasteiger partial charge in [-0.2, -0.15) is 0 Å². The van der Waals surface area contributed by atoms with Crippen molar-refractivity contribution in [2.75, 3.05) is 6.54 Å². The minimum Gasteiger partial charge on any atom is -0.444 e. The van der Waals surface area contributed by atoms with Crippen LogP contribution in [0, 0.1) is 5.92 Å². The molecular formula is C16H26N2O4. The minimum atomic E-state index is -0.490. The molecule has 1 rings (SSSR count). The Kier molecular flexibility index (Phi) is 6.59. The van der Waals surface area contributed by atoms with Crippen molar-refractivity contribution in [1.82, 2.24) is 10.5 Å². The molecule has 0 aliphatic carbocycles. The van der Waals surface area contributed by atoms with Crippen LogP contribution in [0.1, 0.15) is 63.7 Å². The number of carbonyl (C=O) groups excluding carboxylic acids is 2. The average Bonchev–Trinajstić information content (AvgIpc) is 2.89. The first-order valence-electron chi connectivity index (χ1n) is 7.67. The van der Waals surface area contributed by atoms with Crippen LogP contribution in [0.15, 0.2) is 10.6 Å². The molecule has 22 heavy (non-hydrogen) atoms. The summed E-state index contributed by atoms with van der Waals surface area (Å²) in [4.78, 5) is 23.0. The highest BCUT2D eigenvalue weighted by Gasteiger charge is 2.17. The zero-order chi connectivity index (χ0) is 16.8. The molecule has 1 aromatic rings. The van der Waals surface area contributed by atoms with E-state index in [1.807, 2.05) is 27.7 Å². The predicted molar refractivity (Wildman–Crippen MR) is 82.8 cm³/mol. The fourth-order valence-corrected chi connectivity index (χ4v) is 1.80. The Hall–Kier alpha value is -1.85. The maximum absolute atomic E-state index is 11.6. The first kappa shape index (κ1) is 18.2. The number of nitrogens with zero attached hydrogens (tertiary/aromatic N) is 1. The van der Waals surface area contributed by atoms with E-state index < -0.39 is 11.7 Å². The molecule has 0 fully saturated rings. The van der Waals surface area contributed by atoms with Crippen molar-refractivity contribution in [1.29, 1.82) is 0 Å². The van der Waals surface area contributed by atoms with Crippen LogP contribution >= 0.6 is 0 Å². The number of rotatable bonds is 7. The summed E-state index contributed by atoms with van der Waals surface area (Å²) < 4.78 is 10.2. The van der Waals surface area contributed by atoms with Crippen molar-refractivity contribution in [2.45, 2.75) is 59.5 Å². The highest BCUT2D eigenvalue weighted by molar-refractivity contribution is 5.93. The first-order valence-corrected chi connectivity index (χ1v) is 7.67. The van der Waals surface area contributed by atoms with Crippen LogP contribution in [0.25, 0.3) is 0 Å². The van der Waals surface area contributed by atoms with Crippen molar-refractivity contribution in [3.05, 3.63) is 17.5 Å². The number of aryl methyl sites for hydroxylation is 1. The van der Waals surface area contributed by atoms with E-state index in [1.165, 1.54) is 0 Å². The predicted octanol–water partition coefficient (Wildman–Crippen LogP) is 3.36. The van der Waals surface area contributed by atoms with Gasteiger partial charge in [-0.1, -0.05) is 19.0 Å². The van der Waals surface area contributed by atoms with Gasteiger partial charge in [0.15, 0.2) is 0 Å². The lowest BCUT2D eigenvalue weighted by atomic mass is 10.0. The Morgan fingerprint density at radius 3 is 2.68 bits per heavy atom. The number of carbonyl (C=O) groups is 2. The van der Waals surface area contributed by atoms with Crippen LogP contribution in [0.4, 0.5) is 4.79 Å². The SMILES string of the molecule is CCC(=O)c1cc(CCC(C)CNC(=O)OC(C)(C)C)no1. The number of aromatic nitrogens is 1. The van der Waals surface area contributed by atoms with Crippen LogP contribution in [-0.4, -0.2) is 29.2 Å². The van der Waals surface area contributed by atoms with Gasteiger partial charge in [-0.3, -0.25) is 4.79 Å². The summed E-state index contributed by atoms with van der Waals surface area (Å²) in [6.45, 7) is 9.85. The van der Waals surface area contributed by atoms with Gasteiger partial charge in [-0.25, -0.2) is 4.79 Å². The molecule has 0 aromatic carbocycles. The Morgan fingerprint density at radius 2 is 2.09 bits per heavy atom. The van der Waals surface area contributed by atoms with Crippen molar-refractivity contribution >= 4 is 11.9 Å². The van der Waals surface area contributed by atoms with E-state index in [2.05, 4.69) is 10.5 Å². The molecule has 1 N–H and O–H groups in total. The third-order valence-electron chi connectivity index (χ3n) is 3.04. The third-order valence-corrected chi connectivity index (χ3v) is 3.04. The molecule has 124 valence electrons. The van der Waals surface area contributed by atoms with Crippen molar-refractivity contribution in [2.24, 2.45) is 5.92 Å². The molecule has 1 unspecified atom stereocenters. The number of ether oxygens (including phenoxy) is 1. The Balaban J connectivity index is 2.31. The largest absolute Gasteiger partial charge is 0.444 e. The average molecular weight is 310 g/mol. The van der Waals surface area contributed by atoms with Gasteiger partial charge in [0.2, 0.25) is 11.5 Å². The summed E-state index contributed by atoms with van der Waals surface area (Å²) in [5, 5.41) is 6.64. The van der Waals surface area contributed by atoms with E-state index in [0.717, 1.165) is 12.1 Å². The van der Waals surface area contributed by atoms with Gasteiger partial charge in [-0.15, -0.1) is 0 Å². The number of hydrogen-bond acceptors (Lipinski definition) is 5. The summed E-state index contributed by atoms with van der Waals surface area (Å²) in [5.41, 5.74) is 0.275. The Morgan fingerprint density at radius 1 is 1.41 bits per heavy atom. The standard InChI is InChI=1S/C16H26N2O4/c1-6-13(19)14-9-12(18-22-14)8-7-11(2)10-17-15(20)21-16(3,4)5/h9,11H,6-8,10H2,1-5H3,(H,17,20). The van der Waals surface area contributed by atoms with Crippen LogP contribution in [0.2, 0.25) is 0 Å². The number of Topliss-reactive ketones (excluding diaryl/α,β-unsaturated/α-hetero) is 1. The van der Waals surface area contributed by atoms with Crippen molar-refractivity contribution in [3.63, 3.8) is 0 Å². The third kappa shape index (κ3) is 6.74. The second-order valence-corrected chi connectivity index (χ2v) is 6.49. The Labute approximate surface area is 131 Å². The van der Waals surface area contributed by atoms with E-state index in [1.54, 1.807) is 13.0 Å². The molecule has 6 nitrogen and oxygen atoms in total. The van der Waals surface area contributed by atoms with Crippen molar-refractivity contribution < 1.29 is 18.8 Å². The normalized spacial score (nSPS) is 12.8. The lowest BCUT2D eigenvalue weighted by molar-refractivity contribution is 0.0519. The van der Waals surface area contributed by atoms with Crippen molar-refractivity contribution in [3.8, 4) is 0 Å². The Bertz CT molecular complexity index is 502. The van der Waals surface area contributed by atoms with E-state index in [0.29, 0.717) is 25.1 Å². The van der Waals surface area contributed by atoms with Gasteiger partial charge >= 0.3 is 6.09 Å². The molecule has 1 heterocycles. The monoisotopic (exact) mass is 310 g/mol. The van der Waals surface area contributed by atoms with E-state index in [9.17, 15) is 9.59 Å². The molecule has 1 atom stereocenters. The molecule has 0 aliphatic rings. The number of ketones is 1. The van der Waals surface area contributed by atoms with E-state index in [4.69, 9.17) is 9.26 Å². The van der Waals surface area contributed by atoms with Gasteiger partial charge in [0.1, 0.15) is 5.60 Å². The number of amides is 1. The van der Waals surface area contributed by atoms with Crippen LogP contribution in [0.5, 0.6) is 0 Å². The van der Waals surface area contributed by atoms with Gasteiger partial charge in [0, 0.05) is 19.0 Å². The number of nitrogens with one attached hydrogen (secondary N) is 1. The first-order chi connectivity index (χ1) is 10.2. The molecule has 6 heteroatoms. The van der Waals surface area contributed by atoms with Gasteiger partial charge in [0.25, 0.3) is 0 Å². The highest BCUT2D eigenvalue weighted by Crippen LogP contribution is 2.12. The molecule has 0 saturated heterocycles. The summed E-state index contributed by atoms with van der Waals surface area (Å²) in [6, 6.07) is 1.69. The molecule has 1 aromatic heterocycles. The van der Waals surface area contributed by atoms with E-state index in [-0.39, 0.29) is 11.7 Å². The lowest BCUT2D eigenvalue weighted by Gasteiger charge is -2.20. The summed E-state index contributed by atoms with van der Waals surface area (Å²) in [6.07, 6.45) is 1.54. The number of hydrogen-bond donors (Lipinski definition) is 1. The zero-order valence-corrected chi connectivity index (χ0v) is 14.1. The molecular weight excluding hydrogens is 284 g/mol. The van der Waals surface area contributed by atoms with Crippen LogP contribution in [-0.2, 0) is 11.2 Å². The second-order valence-electron chi connectivity index (χ2n) is 6.49. The highest BCUT2D eigenvalue weighted by atomic mass is 16.6. The molecule has 0 aliphatic heterocycles. The number of alkyl carbamates (subject to hydrolysis) is 1. The molecule has 0 spiro atoms. The summed E-state index contributed by atoms with van der Waals surface area (Å²) >= 11 is 0. The van der Waals surface area contributed by atoms with E-state index >= 15 is 0 Å². The fraction of sp³-hybridized carbons (Fsp3) is 0.688. The quantitative estimate of drug-likeness (QED) is 0.781. The van der Waals surface area contributed by atoms with Crippen LogP contribution in [0.3, 0.4) is 0 Å². The lowest BCUT2D eigenvalue weighted by Crippen LogP contribution is -2.34. The molecule has 0 saturated carbocycles. The molecule has 1 amide bonds. The maximum Gasteiger partial charge on any atom is 0.407 e. The topological polar surface area (TPSA) is 81.4 Å². The molecule has 0 bridgehead atoms. The minimum absolute atomic E-state index is 0.0432. The van der Waals surface area contributed by atoms with Gasteiger partial charge < -0.3 is 14.6 Å². The smallest absolute Gasteiger partial charge is 0.407 e. The maximum atomic E-state index is 11.6. The van der Waals surface area contributed by atoms with Gasteiger partial charge in [0.05, 0.1) is 5.69 Å². The summed E-state index contributed by atoms with van der Waals surface area (Å²) in [5.74, 6) is 0.546.